The Labute approximate surface area is 98.1 Å². The highest BCUT2D eigenvalue weighted by molar-refractivity contribution is 4.96. The molecule has 6 atom stereocenters. The van der Waals surface area contributed by atoms with Crippen LogP contribution in [0.2, 0.25) is 0 Å². The van der Waals surface area contributed by atoms with Crippen LogP contribution in [0.4, 0.5) is 0 Å². The third-order valence-corrected chi connectivity index (χ3v) is 5.61. The highest BCUT2D eigenvalue weighted by Crippen LogP contribution is 2.45. The highest BCUT2D eigenvalue weighted by Gasteiger charge is 2.43. The average molecular weight is 221 g/mol. The van der Waals surface area contributed by atoms with Crippen molar-refractivity contribution in [1.82, 2.24) is 5.32 Å². The number of fused-ring (bicyclic) bond motifs is 4. The van der Waals surface area contributed by atoms with Gasteiger partial charge in [0.05, 0.1) is 12.2 Å². The molecule has 0 amide bonds. The molecule has 4 fully saturated rings. The molecule has 2 saturated carbocycles. The van der Waals surface area contributed by atoms with Gasteiger partial charge in [-0.15, -0.1) is 0 Å². The molecule has 0 aromatic rings. The van der Waals surface area contributed by atoms with E-state index in [4.69, 9.17) is 4.74 Å². The quantitative estimate of drug-likeness (QED) is 0.790. The molecule has 2 nitrogen and oxygen atoms in total. The van der Waals surface area contributed by atoms with Gasteiger partial charge < -0.3 is 10.1 Å². The number of hydrogen-bond donors (Lipinski definition) is 1. The predicted molar refractivity (Wildman–Crippen MR) is 63.2 cm³/mol. The van der Waals surface area contributed by atoms with Gasteiger partial charge in [0.2, 0.25) is 0 Å². The van der Waals surface area contributed by atoms with E-state index in [0.717, 1.165) is 23.8 Å². The fourth-order valence-corrected chi connectivity index (χ4v) is 4.76. The second kappa shape index (κ2) is 3.71. The van der Waals surface area contributed by atoms with Gasteiger partial charge in [0, 0.05) is 18.5 Å². The maximum atomic E-state index is 5.92. The van der Waals surface area contributed by atoms with Crippen LogP contribution in [-0.2, 0) is 4.74 Å². The van der Waals surface area contributed by atoms with Gasteiger partial charge >= 0.3 is 0 Å². The maximum Gasteiger partial charge on any atom is 0.0621 e. The Hall–Kier alpha value is -0.0800. The minimum Gasteiger partial charge on any atom is -0.375 e. The number of ether oxygens (including phenoxy) is 1. The summed E-state index contributed by atoms with van der Waals surface area (Å²) in [6.07, 6.45) is 11.2. The minimum absolute atomic E-state index is 0.607. The van der Waals surface area contributed by atoms with Gasteiger partial charge in [-0.25, -0.2) is 0 Å². The maximum absolute atomic E-state index is 5.92. The van der Waals surface area contributed by atoms with E-state index in [0.29, 0.717) is 12.2 Å². The van der Waals surface area contributed by atoms with Crippen molar-refractivity contribution < 1.29 is 4.74 Å². The molecule has 0 aromatic carbocycles. The monoisotopic (exact) mass is 221 g/mol. The van der Waals surface area contributed by atoms with Crippen LogP contribution in [0.1, 0.15) is 44.9 Å². The molecular weight excluding hydrogens is 198 g/mol. The van der Waals surface area contributed by atoms with E-state index in [1.54, 1.807) is 0 Å². The third-order valence-electron chi connectivity index (χ3n) is 5.61. The van der Waals surface area contributed by atoms with Crippen molar-refractivity contribution in [3.63, 3.8) is 0 Å². The van der Waals surface area contributed by atoms with E-state index in [2.05, 4.69) is 5.32 Å². The molecule has 2 aliphatic carbocycles. The Bertz CT molecular complexity index is 252. The summed E-state index contributed by atoms with van der Waals surface area (Å²) in [6, 6.07) is 0.859. The molecule has 0 radical (unpaired) electrons. The molecule has 4 rings (SSSR count). The van der Waals surface area contributed by atoms with Crippen molar-refractivity contribution in [2.24, 2.45) is 17.8 Å². The zero-order valence-electron chi connectivity index (χ0n) is 10.0. The van der Waals surface area contributed by atoms with Gasteiger partial charge in [-0.05, 0) is 50.4 Å². The summed E-state index contributed by atoms with van der Waals surface area (Å²) >= 11 is 0. The van der Waals surface area contributed by atoms with E-state index in [1.165, 1.54) is 51.5 Å². The normalized spacial score (nSPS) is 54.0. The molecule has 2 saturated heterocycles. The van der Waals surface area contributed by atoms with Crippen molar-refractivity contribution in [2.75, 3.05) is 6.54 Å². The summed E-state index contributed by atoms with van der Waals surface area (Å²) in [5.74, 6) is 2.92. The van der Waals surface area contributed by atoms with Crippen molar-refractivity contribution in [3.05, 3.63) is 0 Å². The Morgan fingerprint density at radius 3 is 2.62 bits per heavy atom. The second-order valence-corrected chi connectivity index (χ2v) is 6.56. The Morgan fingerprint density at radius 1 is 1.00 bits per heavy atom. The Kier molecular flexibility index (Phi) is 2.29. The summed E-state index contributed by atoms with van der Waals surface area (Å²) in [4.78, 5) is 0. The van der Waals surface area contributed by atoms with Crippen LogP contribution in [0.5, 0.6) is 0 Å². The van der Waals surface area contributed by atoms with Gasteiger partial charge in [-0.1, -0.05) is 6.42 Å². The van der Waals surface area contributed by atoms with Crippen molar-refractivity contribution in [2.45, 2.75) is 63.2 Å². The fraction of sp³-hybridized carbons (Fsp3) is 1.00. The molecule has 0 aromatic heterocycles. The lowest BCUT2D eigenvalue weighted by atomic mass is 9.88. The highest BCUT2D eigenvalue weighted by atomic mass is 16.5. The van der Waals surface area contributed by atoms with Crippen LogP contribution >= 0.6 is 0 Å². The molecule has 4 bridgehead atoms. The first-order valence-corrected chi connectivity index (χ1v) is 7.27. The van der Waals surface area contributed by atoms with E-state index >= 15 is 0 Å². The van der Waals surface area contributed by atoms with E-state index < -0.39 is 0 Å². The molecular formula is C14H23NO. The second-order valence-electron chi connectivity index (χ2n) is 6.56. The smallest absolute Gasteiger partial charge is 0.0621 e. The molecule has 0 spiro atoms. The van der Waals surface area contributed by atoms with Gasteiger partial charge in [0.1, 0.15) is 0 Å². The predicted octanol–water partition coefficient (Wildman–Crippen LogP) is 2.33. The summed E-state index contributed by atoms with van der Waals surface area (Å²) in [5, 5.41) is 3.86. The first-order valence-electron chi connectivity index (χ1n) is 7.27. The van der Waals surface area contributed by atoms with Crippen LogP contribution in [0.25, 0.3) is 0 Å². The fourth-order valence-electron chi connectivity index (χ4n) is 4.76. The first kappa shape index (κ1) is 9.90. The zero-order chi connectivity index (χ0) is 10.5. The molecule has 4 aliphatic rings. The first-order chi connectivity index (χ1) is 7.88. The average Bonchev–Trinajstić information content (AvgIpc) is 3.05. The Morgan fingerprint density at radius 2 is 2.00 bits per heavy atom. The topological polar surface area (TPSA) is 21.3 Å². The lowest BCUT2D eigenvalue weighted by Gasteiger charge is -2.26. The number of hydrogen-bond acceptors (Lipinski definition) is 2. The van der Waals surface area contributed by atoms with Crippen LogP contribution in [-0.4, -0.2) is 24.8 Å². The van der Waals surface area contributed by atoms with Gasteiger partial charge in [0.25, 0.3) is 0 Å². The molecule has 2 aliphatic heterocycles. The molecule has 1 N–H and O–H groups in total. The lowest BCUT2D eigenvalue weighted by molar-refractivity contribution is 0.0915. The minimum atomic E-state index is 0.607. The molecule has 16 heavy (non-hydrogen) atoms. The summed E-state index contributed by atoms with van der Waals surface area (Å²) in [7, 11) is 0. The molecule has 2 heterocycles. The molecule has 90 valence electrons. The Balaban J connectivity index is 1.30. The summed E-state index contributed by atoms with van der Waals surface area (Å²) in [5.41, 5.74) is 0. The van der Waals surface area contributed by atoms with Gasteiger partial charge in [-0.3, -0.25) is 0 Å². The number of nitrogens with one attached hydrogen (secondary N) is 1. The van der Waals surface area contributed by atoms with Crippen LogP contribution < -0.4 is 5.32 Å². The van der Waals surface area contributed by atoms with Crippen molar-refractivity contribution in [1.29, 1.82) is 0 Å². The van der Waals surface area contributed by atoms with Gasteiger partial charge in [0.15, 0.2) is 0 Å². The van der Waals surface area contributed by atoms with E-state index in [-0.39, 0.29) is 0 Å². The van der Waals surface area contributed by atoms with Crippen molar-refractivity contribution >= 4 is 0 Å². The largest absolute Gasteiger partial charge is 0.375 e. The van der Waals surface area contributed by atoms with E-state index in [1.807, 2.05) is 0 Å². The third kappa shape index (κ3) is 1.53. The van der Waals surface area contributed by atoms with Crippen molar-refractivity contribution in [3.8, 4) is 0 Å². The lowest BCUT2D eigenvalue weighted by Crippen LogP contribution is -2.39. The summed E-state index contributed by atoms with van der Waals surface area (Å²) < 4.78 is 5.92. The molecule has 2 heteroatoms. The SMILES string of the molecule is C1CC2CC1CC2NCC1CC2CCC1O2. The van der Waals surface area contributed by atoms with Crippen LogP contribution in [0.15, 0.2) is 0 Å². The van der Waals surface area contributed by atoms with E-state index in [9.17, 15) is 0 Å². The van der Waals surface area contributed by atoms with Gasteiger partial charge in [-0.2, -0.15) is 0 Å². The number of rotatable bonds is 3. The standard InChI is InChI=1S/C14H23NO/c1-2-10-5-9(1)6-13(10)15-8-11-7-12-3-4-14(11)16-12/h9-15H,1-8H2. The van der Waals surface area contributed by atoms with Crippen LogP contribution in [0.3, 0.4) is 0 Å². The molecule has 6 unspecified atom stereocenters. The zero-order valence-corrected chi connectivity index (χ0v) is 10.0. The van der Waals surface area contributed by atoms with Crippen LogP contribution in [0, 0.1) is 17.8 Å². The summed E-state index contributed by atoms with van der Waals surface area (Å²) in [6.45, 7) is 1.23.